The third-order valence-corrected chi connectivity index (χ3v) is 6.35. The lowest BCUT2D eigenvalue weighted by Crippen LogP contribution is -2.11. The molecule has 1 N–H and O–H groups in total. The molecule has 1 heterocycles. The van der Waals surface area contributed by atoms with E-state index in [1.165, 1.54) is 74.4 Å². The minimum atomic E-state index is -0.582. The lowest BCUT2D eigenvalue weighted by molar-refractivity contribution is -0.132. The number of anilines is 1. The first-order valence-electron chi connectivity index (χ1n) is 12.7. The second-order valence-corrected chi connectivity index (χ2v) is 9.12. The maximum Gasteiger partial charge on any atom is 0.309 e. The van der Waals surface area contributed by atoms with Crippen LogP contribution in [0.4, 0.5) is 14.5 Å². The van der Waals surface area contributed by atoms with E-state index in [0.717, 1.165) is 0 Å². The molecule has 8 nitrogen and oxygen atoms in total. The number of amides is 1. The molecule has 1 amide bonds. The lowest BCUT2D eigenvalue weighted by Gasteiger charge is -2.11. The van der Waals surface area contributed by atoms with Gasteiger partial charge in [-0.05, 0) is 84.4 Å². The van der Waals surface area contributed by atoms with E-state index in [-0.39, 0.29) is 5.88 Å². The molecule has 5 aromatic rings. The van der Waals surface area contributed by atoms with Crippen LogP contribution in [0.5, 0.6) is 17.4 Å². The smallest absolute Gasteiger partial charge is 0.309 e. The molecule has 0 aliphatic rings. The number of hydrogen-bond acceptors (Lipinski definition) is 6. The third-order valence-electron chi connectivity index (χ3n) is 6.35. The predicted octanol–water partition coefficient (Wildman–Crippen LogP) is 6.68. The topological polar surface area (TPSA) is 91.7 Å². The number of rotatable bonds is 8. The predicted molar refractivity (Wildman–Crippen MR) is 153 cm³/mol. The van der Waals surface area contributed by atoms with Gasteiger partial charge in [0.25, 0.3) is 5.91 Å². The van der Waals surface area contributed by atoms with Crippen molar-refractivity contribution in [3.63, 3.8) is 0 Å². The number of methoxy groups -OCH3 is 2. The standard InChI is InChI=1S/C32H25F2N3O5/c1-19(38)42-32-29(20-6-13-25(14-7-20)35-31(39)21-4-9-23(33)10-5-21)30(22-8-17-27(40-2)28(18-22)41-3)36-37(32)26-15-11-24(34)12-16-26/h4-18H,1-3H3,(H,35,39). The van der Waals surface area contributed by atoms with Crippen LogP contribution in [0.15, 0.2) is 91.0 Å². The zero-order valence-electron chi connectivity index (χ0n) is 22.9. The Hall–Kier alpha value is -5.51. The molecule has 0 spiro atoms. The Morgan fingerprint density at radius 1 is 0.762 bits per heavy atom. The average Bonchev–Trinajstić information content (AvgIpc) is 3.36. The van der Waals surface area contributed by atoms with Gasteiger partial charge in [-0.1, -0.05) is 12.1 Å². The van der Waals surface area contributed by atoms with Gasteiger partial charge in [0.05, 0.1) is 25.5 Å². The average molecular weight is 570 g/mol. The van der Waals surface area contributed by atoms with Crippen molar-refractivity contribution < 1.29 is 32.6 Å². The zero-order valence-corrected chi connectivity index (χ0v) is 22.9. The molecule has 0 fully saturated rings. The quantitative estimate of drug-likeness (QED) is 0.210. The molecule has 0 radical (unpaired) electrons. The van der Waals surface area contributed by atoms with E-state index >= 15 is 0 Å². The Kier molecular flexibility index (Phi) is 7.96. The van der Waals surface area contributed by atoms with Crippen molar-refractivity contribution in [2.75, 3.05) is 19.5 Å². The van der Waals surface area contributed by atoms with Crippen LogP contribution in [0.25, 0.3) is 28.1 Å². The van der Waals surface area contributed by atoms with E-state index in [4.69, 9.17) is 19.3 Å². The Balaban J connectivity index is 1.63. The van der Waals surface area contributed by atoms with Crippen LogP contribution in [-0.2, 0) is 4.79 Å². The van der Waals surface area contributed by atoms with E-state index in [2.05, 4.69) is 5.32 Å². The van der Waals surface area contributed by atoms with Gasteiger partial charge in [0.15, 0.2) is 11.5 Å². The van der Waals surface area contributed by atoms with Crippen LogP contribution in [0.1, 0.15) is 17.3 Å². The normalized spacial score (nSPS) is 10.7. The fraction of sp³-hybridized carbons (Fsp3) is 0.0938. The molecule has 0 unspecified atom stereocenters. The van der Waals surface area contributed by atoms with Gasteiger partial charge in [-0.2, -0.15) is 9.78 Å². The van der Waals surface area contributed by atoms with Gasteiger partial charge in [0.1, 0.15) is 17.3 Å². The van der Waals surface area contributed by atoms with Crippen molar-refractivity contribution in [2.24, 2.45) is 0 Å². The van der Waals surface area contributed by atoms with Crippen molar-refractivity contribution in [3.05, 3.63) is 108 Å². The van der Waals surface area contributed by atoms with Crippen LogP contribution in [0.3, 0.4) is 0 Å². The third kappa shape index (κ3) is 5.83. The molecule has 0 saturated heterocycles. The number of nitrogens with one attached hydrogen (secondary N) is 1. The maximum absolute atomic E-state index is 13.7. The summed E-state index contributed by atoms with van der Waals surface area (Å²) in [7, 11) is 3.05. The van der Waals surface area contributed by atoms with E-state index in [1.54, 1.807) is 42.5 Å². The summed E-state index contributed by atoms with van der Waals surface area (Å²) in [6.45, 7) is 1.27. The first kappa shape index (κ1) is 28.0. The molecule has 42 heavy (non-hydrogen) atoms. The summed E-state index contributed by atoms with van der Waals surface area (Å²) in [6.07, 6.45) is 0. The largest absolute Gasteiger partial charge is 0.493 e. The zero-order chi connectivity index (χ0) is 29.8. The number of halogens is 2. The number of aromatic nitrogens is 2. The fourth-order valence-corrected chi connectivity index (χ4v) is 4.36. The summed E-state index contributed by atoms with van der Waals surface area (Å²) in [5.41, 5.74) is 3.41. The summed E-state index contributed by atoms with van der Waals surface area (Å²) < 4.78 is 45.0. The first-order valence-corrected chi connectivity index (χ1v) is 12.7. The summed E-state index contributed by atoms with van der Waals surface area (Å²) in [5.74, 6) is -0.765. The second kappa shape index (κ2) is 11.9. The highest BCUT2D eigenvalue weighted by atomic mass is 19.1. The van der Waals surface area contributed by atoms with Crippen LogP contribution in [0, 0.1) is 11.6 Å². The highest BCUT2D eigenvalue weighted by Crippen LogP contribution is 2.43. The molecule has 0 atom stereocenters. The fourth-order valence-electron chi connectivity index (χ4n) is 4.36. The number of benzene rings is 4. The lowest BCUT2D eigenvalue weighted by atomic mass is 10.0. The van der Waals surface area contributed by atoms with Crippen molar-refractivity contribution in [2.45, 2.75) is 6.92 Å². The molecule has 0 bridgehead atoms. The minimum absolute atomic E-state index is 0.113. The van der Waals surface area contributed by atoms with Crippen molar-refractivity contribution in [1.29, 1.82) is 0 Å². The second-order valence-electron chi connectivity index (χ2n) is 9.12. The van der Waals surface area contributed by atoms with E-state index < -0.39 is 23.5 Å². The van der Waals surface area contributed by atoms with Gasteiger partial charge in [0.2, 0.25) is 5.88 Å². The highest BCUT2D eigenvalue weighted by Gasteiger charge is 2.25. The van der Waals surface area contributed by atoms with Gasteiger partial charge < -0.3 is 19.5 Å². The summed E-state index contributed by atoms with van der Waals surface area (Å²) in [5, 5.41) is 7.56. The van der Waals surface area contributed by atoms with Crippen molar-refractivity contribution >= 4 is 17.6 Å². The van der Waals surface area contributed by atoms with Crippen molar-refractivity contribution in [3.8, 4) is 45.5 Å². The summed E-state index contributed by atoms with van der Waals surface area (Å²) in [6, 6.07) is 22.9. The maximum atomic E-state index is 13.7. The van der Waals surface area contributed by atoms with Crippen LogP contribution >= 0.6 is 0 Å². The molecule has 0 saturated carbocycles. The number of carbonyl (C=O) groups excluding carboxylic acids is 2. The molecule has 5 rings (SSSR count). The molecular weight excluding hydrogens is 544 g/mol. The van der Waals surface area contributed by atoms with E-state index in [9.17, 15) is 18.4 Å². The molecule has 0 aliphatic heterocycles. The SMILES string of the molecule is COc1ccc(-c2nn(-c3ccc(F)cc3)c(OC(C)=O)c2-c2ccc(NC(=O)c3ccc(F)cc3)cc2)cc1OC. The Morgan fingerprint density at radius 3 is 1.95 bits per heavy atom. The molecule has 4 aromatic carbocycles. The Morgan fingerprint density at radius 2 is 1.36 bits per heavy atom. The van der Waals surface area contributed by atoms with Crippen LogP contribution < -0.4 is 19.5 Å². The number of nitrogens with zero attached hydrogens (tertiary/aromatic N) is 2. The number of ether oxygens (including phenoxy) is 3. The number of hydrogen-bond donors (Lipinski definition) is 1. The van der Waals surface area contributed by atoms with E-state index in [0.29, 0.717) is 50.8 Å². The van der Waals surface area contributed by atoms with Gasteiger partial charge in [-0.15, -0.1) is 0 Å². The number of esters is 1. The first-order chi connectivity index (χ1) is 20.3. The number of carbonyl (C=O) groups is 2. The van der Waals surface area contributed by atoms with Crippen LogP contribution in [0.2, 0.25) is 0 Å². The molecule has 1 aromatic heterocycles. The van der Waals surface area contributed by atoms with Crippen molar-refractivity contribution in [1.82, 2.24) is 9.78 Å². The summed E-state index contributed by atoms with van der Waals surface area (Å²) in [4.78, 5) is 24.9. The monoisotopic (exact) mass is 569 g/mol. The van der Waals surface area contributed by atoms with Gasteiger partial charge in [0, 0.05) is 23.7 Å². The Bertz CT molecular complexity index is 1750. The van der Waals surface area contributed by atoms with Gasteiger partial charge >= 0.3 is 5.97 Å². The molecule has 212 valence electrons. The molecular formula is C32H25F2N3O5. The van der Waals surface area contributed by atoms with Gasteiger partial charge in [-0.3, -0.25) is 9.59 Å². The minimum Gasteiger partial charge on any atom is -0.493 e. The molecule has 0 aliphatic carbocycles. The highest BCUT2D eigenvalue weighted by molar-refractivity contribution is 6.04. The van der Waals surface area contributed by atoms with Gasteiger partial charge in [-0.25, -0.2) is 8.78 Å². The van der Waals surface area contributed by atoms with E-state index in [1.807, 2.05) is 0 Å². The summed E-state index contributed by atoms with van der Waals surface area (Å²) >= 11 is 0. The van der Waals surface area contributed by atoms with Crippen LogP contribution in [-0.4, -0.2) is 35.9 Å². The Labute approximate surface area is 240 Å². The molecule has 10 heteroatoms.